The molecule has 3 heteroatoms. The molecule has 0 atom stereocenters. The van der Waals surface area contributed by atoms with Gasteiger partial charge in [-0.05, 0) is 12.8 Å². The third-order valence-corrected chi connectivity index (χ3v) is 1.35. The summed E-state index contributed by atoms with van der Waals surface area (Å²) in [4.78, 5) is 10.3. The zero-order chi connectivity index (χ0) is 8.15. The van der Waals surface area contributed by atoms with Gasteiger partial charge in [-0.3, -0.25) is 15.5 Å². The second-order valence-electron chi connectivity index (χ2n) is 2.46. The summed E-state index contributed by atoms with van der Waals surface area (Å²) in [6.07, 6.45) is 0.753. The van der Waals surface area contributed by atoms with Crippen LogP contribution in [0.2, 0.25) is 0 Å². The highest BCUT2D eigenvalue weighted by atomic mass is 16.5. The Morgan fingerprint density at radius 2 is 2.10 bits per heavy atom. The number of carbonyl (C=O) groups excluding carboxylic acids is 1. The lowest BCUT2D eigenvalue weighted by molar-refractivity contribution is -0.105. The smallest absolute Gasteiger partial charge is 0.148 e. The maximum atomic E-state index is 10.3. The van der Waals surface area contributed by atoms with E-state index in [4.69, 9.17) is 5.21 Å². The van der Waals surface area contributed by atoms with Crippen molar-refractivity contribution in [2.75, 3.05) is 0 Å². The van der Waals surface area contributed by atoms with Gasteiger partial charge in [0.2, 0.25) is 0 Å². The number of hydrogen-bond acceptors (Lipinski definition) is 3. The maximum absolute atomic E-state index is 10.3. The highest BCUT2D eigenvalue weighted by Crippen LogP contribution is 2.09. The molecule has 0 amide bonds. The van der Waals surface area contributed by atoms with Gasteiger partial charge in [0.25, 0.3) is 0 Å². The van der Waals surface area contributed by atoms with Crippen LogP contribution in [-0.4, -0.2) is 11.5 Å². The molecular formula is C7H13NO2. The Balaban J connectivity index is 4.45. The zero-order valence-corrected chi connectivity index (χ0v) is 6.51. The first-order valence-corrected chi connectivity index (χ1v) is 3.19. The van der Waals surface area contributed by atoms with Crippen molar-refractivity contribution < 1.29 is 10.0 Å². The quantitative estimate of drug-likeness (QED) is 0.353. The van der Waals surface area contributed by atoms with E-state index in [1.165, 1.54) is 0 Å². The van der Waals surface area contributed by atoms with Crippen molar-refractivity contribution in [2.45, 2.75) is 20.8 Å². The fourth-order valence-corrected chi connectivity index (χ4v) is 0.722. The zero-order valence-electron chi connectivity index (χ0n) is 6.51. The number of hydroxylamine groups is 1. The molecule has 0 saturated carbocycles. The Bertz CT molecular complexity index is 150. The summed E-state index contributed by atoms with van der Waals surface area (Å²) >= 11 is 0. The lowest BCUT2D eigenvalue weighted by Gasteiger charge is -2.07. The highest BCUT2D eigenvalue weighted by Gasteiger charge is 2.04. The van der Waals surface area contributed by atoms with Crippen LogP contribution in [-0.2, 0) is 4.79 Å². The van der Waals surface area contributed by atoms with Crippen LogP contribution >= 0.6 is 0 Å². The summed E-state index contributed by atoms with van der Waals surface area (Å²) in [5, 5.41) is 8.42. The minimum atomic E-state index is 0.150. The summed E-state index contributed by atoms with van der Waals surface area (Å²) in [6, 6.07) is 0. The summed E-state index contributed by atoms with van der Waals surface area (Å²) < 4.78 is 0. The number of nitrogens with one attached hydrogen (secondary N) is 1. The Morgan fingerprint density at radius 3 is 2.20 bits per heavy atom. The molecule has 0 aromatic carbocycles. The van der Waals surface area contributed by atoms with Gasteiger partial charge in [-0.2, -0.15) is 0 Å². The molecule has 58 valence electrons. The summed E-state index contributed by atoms with van der Waals surface area (Å²) in [5.74, 6) is 0.150. The van der Waals surface area contributed by atoms with Gasteiger partial charge < -0.3 is 0 Å². The number of allylic oxidation sites excluding steroid dienone is 2. The van der Waals surface area contributed by atoms with Crippen LogP contribution in [0.15, 0.2) is 11.3 Å². The fraction of sp³-hybridized carbons (Fsp3) is 0.571. The largest absolute Gasteiger partial charge is 0.298 e. The van der Waals surface area contributed by atoms with Gasteiger partial charge in [0, 0.05) is 11.3 Å². The predicted molar refractivity (Wildman–Crippen MR) is 38.5 cm³/mol. The van der Waals surface area contributed by atoms with Gasteiger partial charge in [0.05, 0.1) is 0 Å². The van der Waals surface area contributed by atoms with Crippen LogP contribution in [0, 0.1) is 5.92 Å². The average Bonchev–Trinajstić information content (AvgIpc) is 1.88. The Labute approximate surface area is 60.7 Å². The van der Waals surface area contributed by atoms with E-state index in [1.807, 2.05) is 19.3 Å². The van der Waals surface area contributed by atoms with Crippen molar-refractivity contribution in [3.63, 3.8) is 0 Å². The first-order chi connectivity index (χ1) is 4.63. The molecule has 0 spiro atoms. The van der Waals surface area contributed by atoms with Gasteiger partial charge >= 0.3 is 0 Å². The number of carbonyl (C=O) groups is 1. The normalized spacial score (nSPS) is 12.9. The van der Waals surface area contributed by atoms with Crippen molar-refractivity contribution in [1.82, 2.24) is 5.48 Å². The van der Waals surface area contributed by atoms with Crippen molar-refractivity contribution in [3.8, 4) is 0 Å². The second kappa shape index (κ2) is 4.06. The minimum Gasteiger partial charge on any atom is -0.298 e. The molecule has 0 aliphatic heterocycles. The van der Waals surface area contributed by atoms with Crippen LogP contribution in [0.5, 0.6) is 0 Å². The minimum absolute atomic E-state index is 0.150. The molecule has 3 nitrogen and oxygen atoms in total. The Morgan fingerprint density at radius 1 is 1.60 bits per heavy atom. The van der Waals surface area contributed by atoms with Crippen LogP contribution in [0.1, 0.15) is 20.8 Å². The van der Waals surface area contributed by atoms with Gasteiger partial charge in [-0.25, -0.2) is 0 Å². The Hall–Kier alpha value is -0.830. The van der Waals surface area contributed by atoms with Gasteiger partial charge in [0.1, 0.15) is 6.29 Å². The topological polar surface area (TPSA) is 49.3 Å². The van der Waals surface area contributed by atoms with E-state index < -0.39 is 0 Å². The molecule has 0 aromatic rings. The Kier molecular flexibility index (Phi) is 3.72. The van der Waals surface area contributed by atoms with Crippen molar-refractivity contribution in [3.05, 3.63) is 11.3 Å². The van der Waals surface area contributed by atoms with Gasteiger partial charge in [-0.1, -0.05) is 13.8 Å². The molecule has 10 heavy (non-hydrogen) atoms. The molecule has 0 fully saturated rings. The first kappa shape index (κ1) is 9.17. The van der Waals surface area contributed by atoms with Gasteiger partial charge in [0.15, 0.2) is 0 Å². The molecule has 0 saturated heterocycles. The maximum Gasteiger partial charge on any atom is 0.148 e. The van der Waals surface area contributed by atoms with E-state index >= 15 is 0 Å². The number of aldehydes is 1. The van der Waals surface area contributed by atoms with E-state index in [1.54, 1.807) is 6.92 Å². The molecule has 0 bridgehead atoms. The SMILES string of the molecule is CC(NO)=C(C=O)C(C)C. The number of hydrogen-bond donors (Lipinski definition) is 2. The lowest BCUT2D eigenvalue weighted by Crippen LogP contribution is -2.10. The fourth-order valence-electron chi connectivity index (χ4n) is 0.722. The monoisotopic (exact) mass is 143 g/mol. The van der Waals surface area contributed by atoms with Crippen LogP contribution in [0.4, 0.5) is 0 Å². The van der Waals surface area contributed by atoms with Crippen LogP contribution in [0.25, 0.3) is 0 Å². The number of rotatable bonds is 3. The highest BCUT2D eigenvalue weighted by molar-refractivity contribution is 5.74. The van der Waals surface area contributed by atoms with E-state index in [9.17, 15) is 4.79 Å². The van der Waals surface area contributed by atoms with E-state index in [0.29, 0.717) is 11.3 Å². The predicted octanol–water partition coefficient (Wildman–Crippen LogP) is 1.09. The van der Waals surface area contributed by atoms with Gasteiger partial charge in [-0.15, -0.1) is 0 Å². The van der Waals surface area contributed by atoms with Crippen LogP contribution in [0.3, 0.4) is 0 Å². The molecule has 0 aliphatic rings. The van der Waals surface area contributed by atoms with Crippen molar-refractivity contribution in [2.24, 2.45) is 5.92 Å². The molecule has 2 N–H and O–H groups in total. The second-order valence-corrected chi connectivity index (χ2v) is 2.46. The molecule has 0 heterocycles. The standard InChI is InChI=1S/C7H13NO2/c1-5(2)7(4-9)6(3)8-10/h4-5,8,10H,1-3H3. The summed E-state index contributed by atoms with van der Waals surface area (Å²) in [5.41, 5.74) is 3.06. The summed E-state index contributed by atoms with van der Waals surface area (Å²) in [7, 11) is 0. The van der Waals surface area contributed by atoms with Crippen LogP contribution < -0.4 is 5.48 Å². The molecule has 0 rings (SSSR count). The van der Waals surface area contributed by atoms with E-state index in [2.05, 4.69) is 0 Å². The van der Waals surface area contributed by atoms with E-state index in [0.717, 1.165) is 6.29 Å². The summed E-state index contributed by atoms with van der Waals surface area (Å²) in [6.45, 7) is 5.44. The van der Waals surface area contributed by atoms with Crippen molar-refractivity contribution >= 4 is 6.29 Å². The molecular weight excluding hydrogens is 130 g/mol. The van der Waals surface area contributed by atoms with E-state index in [-0.39, 0.29) is 5.92 Å². The first-order valence-electron chi connectivity index (χ1n) is 3.19. The van der Waals surface area contributed by atoms with Crippen molar-refractivity contribution in [1.29, 1.82) is 0 Å². The average molecular weight is 143 g/mol. The molecule has 0 aliphatic carbocycles. The molecule has 0 radical (unpaired) electrons. The third-order valence-electron chi connectivity index (χ3n) is 1.35. The molecule has 0 aromatic heterocycles. The lowest BCUT2D eigenvalue weighted by atomic mass is 10.0. The third kappa shape index (κ3) is 2.19. The molecule has 0 unspecified atom stereocenters.